The number of thioether (sulfide) groups is 1. The molecule has 0 spiro atoms. The summed E-state index contributed by atoms with van der Waals surface area (Å²) >= 11 is 7.55. The van der Waals surface area contributed by atoms with E-state index in [0.29, 0.717) is 6.04 Å². The molecule has 18 heavy (non-hydrogen) atoms. The smallest absolute Gasteiger partial charge is 0.0701 e. The Bertz CT molecular complexity index is 347. The van der Waals surface area contributed by atoms with Crippen LogP contribution < -0.4 is 5.32 Å². The second-order valence-electron chi connectivity index (χ2n) is 4.96. The van der Waals surface area contributed by atoms with Crippen molar-refractivity contribution in [2.45, 2.75) is 38.6 Å². The Balaban J connectivity index is 1.86. The topological polar surface area (TPSA) is 12.0 Å². The molecule has 1 unspecified atom stereocenters. The fourth-order valence-electron chi connectivity index (χ4n) is 2.62. The maximum atomic E-state index is 3.67. The van der Waals surface area contributed by atoms with Crippen molar-refractivity contribution in [2.75, 3.05) is 18.1 Å². The summed E-state index contributed by atoms with van der Waals surface area (Å²) in [6.07, 6.45) is 5.37. The molecular weight excluding hydrogens is 326 g/mol. The third kappa shape index (κ3) is 4.87. The molecule has 0 saturated carbocycles. The van der Waals surface area contributed by atoms with Crippen LogP contribution in [0.3, 0.4) is 0 Å². The molecule has 2 heterocycles. The second-order valence-corrected chi connectivity index (χ2v) is 8.73. The van der Waals surface area contributed by atoms with Gasteiger partial charge in [0.15, 0.2) is 0 Å². The van der Waals surface area contributed by atoms with Gasteiger partial charge in [-0.3, -0.25) is 0 Å². The standard InChI is InChI=1S/C14H22BrNS2/c1-2-16-12(9-11-5-7-17-8-6-11)10-13-3-4-14(15)18-13/h3-4,11-12,16H,2,5-10H2,1H3. The third-order valence-electron chi connectivity index (χ3n) is 3.53. The zero-order chi connectivity index (χ0) is 12.8. The Labute approximate surface area is 127 Å². The predicted octanol–water partition coefficient (Wildman–Crippen LogP) is 4.56. The summed E-state index contributed by atoms with van der Waals surface area (Å²) in [5.41, 5.74) is 0. The van der Waals surface area contributed by atoms with Gasteiger partial charge in [0.1, 0.15) is 0 Å². The Morgan fingerprint density at radius 3 is 2.78 bits per heavy atom. The molecule has 0 aliphatic carbocycles. The summed E-state index contributed by atoms with van der Waals surface area (Å²) < 4.78 is 1.25. The summed E-state index contributed by atoms with van der Waals surface area (Å²) in [7, 11) is 0. The van der Waals surface area contributed by atoms with E-state index in [1.165, 1.54) is 45.9 Å². The molecular formula is C14H22BrNS2. The number of hydrogen-bond acceptors (Lipinski definition) is 3. The van der Waals surface area contributed by atoms with Gasteiger partial charge in [0.05, 0.1) is 3.79 Å². The predicted molar refractivity (Wildman–Crippen MR) is 87.9 cm³/mol. The minimum atomic E-state index is 0.661. The molecule has 0 amide bonds. The van der Waals surface area contributed by atoms with E-state index in [2.05, 4.69) is 52.1 Å². The van der Waals surface area contributed by atoms with Crippen molar-refractivity contribution in [3.63, 3.8) is 0 Å². The van der Waals surface area contributed by atoms with Gasteiger partial charge in [-0.1, -0.05) is 6.92 Å². The van der Waals surface area contributed by atoms with Gasteiger partial charge in [-0.25, -0.2) is 0 Å². The minimum absolute atomic E-state index is 0.661. The lowest BCUT2D eigenvalue weighted by atomic mass is 9.92. The van der Waals surface area contributed by atoms with Gasteiger partial charge in [0, 0.05) is 10.9 Å². The number of rotatable bonds is 6. The van der Waals surface area contributed by atoms with Crippen molar-refractivity contribution in [2.24, 2.45) is 5.92 Å². The van der Waals surface area contributed by atoms with Crippen molar-refractivity contribution in [1.82, 2.24) is 5.32 Å². The first-order valence-corrected chi connectivity index (χ1v) is 9.59. The highest BCUT2D eigenvalue weighted by Gasteiger charge is 2.19. The molecule has 0 radical (unpaired) electrons. The first-order valence-electron chi connectivity index (χ1n) is 6.83. The van der Waals surface area contributed by atoms with E-state index in [-0.39, 0.29) is 0 Å². The Morgan fingerprint density at radius 1 is 1.39 bits per heavy atom. The quantitative estimate of drug-likeness (QED) is 0.809. The third-order valence-corrected chi connectivity index (χ3v) is 6.22. The van der Waals surface area contributed by atoms with Crippen molar-refractivity contribution >= 4 is 39.0 Å². The van der Waals surface area contributed by atoms with Crippen LogP contribution in [0.15, 0.2) is 15.9 Å². The largest absolute Gasteiger partial charge is 0.314 e. The lowest BCUT2D eigenvalue weighted by Crippen LogP contribution is -2.33. The molecule has 0 aromatic carbocycles. The average molecular weight is 348 g/mol. The van der Waals surface area contributed by atoms with E-state index in [1.54, 1.807) is 0 Å². The first-order chi connectivity index (χ1) is 8.78. The molecule has 1 N–H and O–H groups in total. The van der Waals surface area contributed by atoms with Crippen molar-refractivity contribution in [3.05, 3.63) is 20.8 Å². The minimum Gasteiger partial charge on any atom is -0.314 e. The monoisotopic (exact) mass is 347 g/mol. The maximum absolute atomic E-state index is 3.67. The number of halogens is 1. The van der Waals surface area contributed by atoms with Gasteiger partial charge in [0.25, 0.3) is 0 Å². The second kappa shape index (κ2) is 7.93. The highest BCUT2D eigenvalue weighted by Crippen LogP contribution is 2.29. The van der Waals surface area contributed by atoms with Crippen LogP contribution in [-0.2, 0) is 6.42 Å². The number of thiophene rings is 1. The molecule has 0 bridgehead atoms. The van der Waals surface area contributed by atoms with E-state index in [9.17, 15) is 0 Å². The van der Waals surface area contributed by atoms with Crippen molar-refractivity contribution in [3.8, 4) is 0 Å². The molecule has 1 aromatic rings. The van der Waals surface area contributed by atoms with Crippen LogP contribution in [0.2, 0.25) is 0 Å². The van der Waals surface area contributed by atoms with Gasteiger partial charge in [0.2, 0.25) is 0 Å². The van der Waals surface area contributed by atoms with Crippen LogP contribution in [0.5, 0.6) is 0 Å². The van der Waals surface area contributed by atoms with Crippen molar-refractivity contribution < 1.29 is 0 Å². The Morgan fingerprint density at radius 2 is 2.17 bits per heavy atom. The zero-order valence-corrected chi connectivity index (χ0v) is 14.2. The normalized spacial score (nSPS) is 19.0. The van der Waals surface area contributed by atoms with Gasteiger partial charge in [-0.05, 0) is 77.7 Å². The van der Waals surface area contributed by atoms with E-state index >= 15 is 0 Å². The fraction of sp³-hybridized carbons (Fsp3) is 0.714. The summed E-state index contributed by atoms with van der Waals surface area (Å²) in [6, 6.07) is 5.09. The van der Waals surface area contributed by atoms with Crippen LogP contribution in [0.4, 0.5) is 0 Å². The number of hydrogen-bond donors (Lipinski definition) is 1. The first kappa shape index (κ1) is 14.9. The van der Waals surface area contributed by atoms with E-state index in [4.69, 9.17) is 0 Å². The van der Waals surface area contributed by atoms with E-state index < -0.39 is 0 Å². The molecule has 2 rings (SSSR count). The SMILES string of the molecule is CCNC(Cc1ccc(Br)s1)CC1CCSCC1. The Kier molecular flexibility index (Phi) is 6.56. The van der Waals surface area contributed by atoms with Gasteiger partial charge in [-0.2, -0.15) is 11.8 Å². The van der Waals surface area contributed by atoms with E-state index in [1.807, 2.05) is 11.3 Å². The molecule has 102 valence electrons. The van der Waals surface area contributed by atoms with Gasteiger partial charge < -0.3 is 5.32 Å². The summed E-state index contributed by atoms with van der Waals surface area (Å²) in [5, 5.41) is 3.67. The molecule has 1 nitrogen and oxygen atoms in total. The lowest BCUT2D eigenvalue weighted by molar-refractivity contribution is 0.367. The van der Waals surface area contributed by atoms with Crippen LogP contribution in [0.1, 0.15) is 31.1 Å². The number of likely N-dealkylation sites (N-methyl/N-ethyl adjacent to an activating group) is 1. The van der Waals surface area contributed by atoms with Crippen LogP contribution in [0, 0.1) is 5.92 Å². The summed E-state index contributed by atoms with van der Waals surface area (Å²) in [6.45, 7) is 3.30. The molecule has 4 heteroatoms. The fourth-order valence-corrected chi connectivity index (χ4v) is 5.38. The van der Waals surface area contributed by atoms with Crippen LogP contribution in [0.25, 0.3) is 0 Å². The highest BCUT2D eigenvalue weighted by atomic mass is 79.9. The molecule has 1 saturated heterocycles. The average Bonchev–Trinajstić information content (AvgIpc) is 2.76. The molecule has 1 aromatic heterocycles. The van der Waals surface area contributed by atoms with Crippen LogP contribution >= 0.6 is 39.0 Å². The zero-order valence-electron chi connectivity index (χ0n) is 11.0. The van der Waals surface area contributed by atoms with Gasteiger partial charge >= 0.3 is 0 Å². The maximum Gasteiger partial charge on any atom is 0.0701 e. The summed E-state index contributed by atoms with van der Waals surface area (Å²) in [5.74, 6) is 3.68. The summed E-state index contributed by atoms with van der Waals surface area (Å²) in [4.78, 5) is 1.50. The molecule has 1 atom stereocenters. The van der Waals surface area contributed by atoms with E-state index in [0.717, 1.165) is 12.5 Å². The highest BCUT2D eigenvalue weighted by molar-refractivity contribution is 9.11. The molecule has 1 aliphatic heterocycles. The van der Waals surface area contributed by atoms with Crippen LogP contribution in [-0.4, -0.2) is 24.1 Å². The Hall–Kier alpha value is 0.490. The van der Waals surface area contributed by atoms with Gasteiger partial charge in [-0.15, -0.1) is 11.3 Å². The van der Waals surface area contributed by atoms with Crippen molar-refractivity contribution in [1.29, 1.82) is 0 Å². The molecule has 1 fully saturated rings. The molecule has 1 aliphatic rings. The number of nitrogens with one attached hydrogen (secondary N) is 1. The lowest BCUT2D eigenvalue weighted by Gasteiger charge is -2.26.